The van der Waals surface area contributed by atoms with Crippen molar-refractivity contribution in [2.45, 2.75) is 32.8 Å². The number of amides is 2. The fourth-order valence-corrected chi connectivity index (χ4v) is 3.06. The van der Waals surface area contributed by atoms with E-state index in [1.807, 2.05) is 13.0 Å². The minimum Gasteiger partial charge on any atom is -0.442 e. The number of Topliss-reactive ketones (excluding diaryl/α,β-unsaturated/α-hetero) is 1. The van der Waals surface area contributed by atoms with Crippen LogP contribution in [0.25, 0.3) is 0 Å². The lowest BCUT2D eigenvalue weighted by Crippen LogP contribution is -2.33. The molecule has 2 amide bonds. The maximum atomic E-state index is 12.2. The number of nitrogens with zero attached hydrogens (tertiary/aromatic N) is 1. The molecule has 1 saturated heterocycles. The summed E-state index contributed by atoms with van der Waals surface area (Å²) in [6, 6.07) is 5.50. The Morgan fingerprint density at radius 3 is 2.91 bits per heavy atom. The van der Waals surface area contributed by atoms with Crippen LogP contribution in [0.2, 0.25) is 0 Å². The number of anilines is 1. The van der Waals surface area contributed by atoms with Gasteiger partial charge in [0.05, 0.1) is 13.1 Å². The van der Waals surface area contributed by atoms with E-state index < -0.39 is 6.09 Å². The number of carbonyl (C=O) groups excluding carboxylic acids is 3. The number of ketones is 1. The molecule has 6 nitrogen and oxygen atoms in total. The van der Waals surface area contributed by atoms with Gasteiger partial charge < -0.3 is 10.1 Å². The highest BCUT2D eigenvalue weighted by atomic mass is 16.6. The van der Waals surface area contributed by atoms with Gasteiger partial charge in [-0.25, -0.2) is 4.79 Å². The summed E-state index contributed by atoms with van der Waals surface area (Å²) in [6.07, 6.45) is 0.902. The normalized spacial score (nSPS) is 23.5. The van der Waals surface area contributed by atoms with Gasteiger partial charge in [-0.3, -0.25) is 14.5 Å². The fourth-order valence-electron chi connectivity index (χ4n) is 3.06. The zero-order chi connectivity index (χ0) is 16.6. The second-order valence-electron chi connectivity index (χ2n) is 6.20. The van der Waals surface area contributed by atoms with Crippen molar-refractivity contribution < 1.29 is 19.1 Å². The quantitative estimate of drug-likeness (QED) is 0.924. The summed E-state index contributed by atoms with van der Waals surface area (Å²) < 4.78 is 5.27. The Morgan fingerprint density at radius 1 is 1.39 bits per heavy atom. The van der Waals surface area contributed by atoms with E-state index in [0.29, 0.717) is 13.1 Å². The largest absolute Gasteiger partial charge is 0.442 e. The molecule has 1 heterocycles. The van der Waals surface area contributed by atoms with E-state index in [-0.39, 0.29) is 23.7 Å². The van der Waals surface area contributed by atoms with Gasteiger partial charge in [-0.1, -0.05) is 6.92 Å². The number of carbonyl (C=O) groups is 3. The van der Waals surface area contributed by atoms with E-state index in [1.165, 1.54) is 6.92 Å². The average Bonchev–Trinajstić information content (AvgIpc) is 2.90. The molecule has 2 atom stereocenters. The highest BCUT2D eigenvalue weighted by Crippen LogP contribution is 2.30. The number of rotatable bonds is 3. The first-order valence-electron chi connectivity index (χ1n) is 7.85. The maximum Gasteiger partial charge on any atom is 0.414 e. The Labute approximate surface area is 134 Å². The number of aryl methyl sites for hydroxylation is 1. The van der Waals surface area contributed by atoms with Crippen LogP contribution in [0.3, 0.4) is 0 Å². The third-order valence-electron chi connectivity index (χ3n) is 4.41. The van der Waals surface area contributed by atoms with Gasteiger partial charge in [-0.15, -0.1) is 0 Å². The first kappa shape index (κ1) is 15.5. The molecule has 1 N–H and O–H groups in total. The standard InChI is InChI=1S/C17H20N2O4/c1-10-3-4-12-7-13(5-6-15(12)16(10)21)19-9-14(23-17(19)22)8-18-11(2)20/h5-7,10,14H,3-4,8-9H2,1-2H3,(H,18,20)/t10-,14-/m0/s1. The highest BCUT2D eigenvalue weighted by Gasteiger charge is 2.33. The van der Waals surface area contributed by atoms with E-state index in [9.17, 15) is 14.4 Å². The van der Waals surface area contributed by atoms with Crippen LogP contribution in [0.4, 0.5) is 10.5 Å². The Morgan fingerprint density at radius 2 is 2.17 bits per heavy atom. The number of benzene rings is 1. The Balaban J connectivity index is 1.76. The SMILES string of the molecule is CC(=O)NC[C@H]1CN(c2ccc3c(c2)CC[C@H](C)C3=O)C(=O)O1. The van der Waals surface area contributed by atoms with Gasteiger partial charge in [0.1, 0.15) is 6.10 Å². The first-order chi connectivity index (χ1) is 11.0. The van der Waals surface area contributed by atoms with Crippen LogP contribution < -0.4 is 10.2 Å². The van der Waals surface area contributed by atoms with Crippen molar-refractivity contribution in [3.8, 4) is 0 Å². The number of fused-ring (bicyclic) bond motifs is 1. The zero-order valence-electron chi connectivity index (χ0n) is 13.3. The first-order valence-corrected chi connectivity index (χ1v) is 7.85. The average molecular weight is 316 g/mol. The van der Waals surface area contributed by atoms with Crippen molar-refractivity contribution in [2.75, 3.05) is 18.0 Å². The van der Waals surface area contributed by atoms with Crippen LogP contribution in [-0.2, 0) is 16.0 Å². The van der Waals surface area contributed by atoms with Crippen LogP contribution in [-0.4, -0.2) is 37.0 Å². The molecule has 1 aromatic rings. The van der Waals surface area contributed by atoms with Crippen molar-refractivity contribution >= 4 is 23.5 Å². The van der Waals surface area contributed by atoms with Crippen LogP contribution in [0.15, 0.2) is 18.2 Å². The smallest absolute Gasteiger partial charge is 0.414 e. The molecule has 6 heteroatoms. The van der Waals surface area contributed by atoms with Crippen molar-refractivity contribution in [1.82, 2.24) is 5.32 Å². The minimum absolute atomic E-state index is 0.0622. The topological polar surface area (TPSA) is 75.7 Å². The fraction of sp³-hybridized carbons (Fsp3) is 0.471. The van der Waals surface area contributed by atoms with E-state index in [2.05, 4.69) is 5.32 Å². The molecule has 0 saturated carbocycles. The summed E-state index contributed by atoms with van der Waals surface area (Å²) in [5.41, 5.74) is 2.49. The molecule has 0 bridgehead atoms. The zero-order valence-corrected chi connectivity index (χ0v) is 13.3. The second-order valence-corrected chi connectivity index (χ2v) is 6.20. The molecule has 1 fully saturated rings. The monoisotopic (exact) mass is 316 g/mol. The molecule has 2 aliphatic rings. The lowest BCUT2D eigenvalue weighted by molar-refractivity contribution is -0.119. The van der Waals surface area contributed by atoms with Gasteiger partial charge in [0.2, 0.25) is 5.91 Å². The Hall–Kier alpha value is -2.37. The molecule has 3 rings (SSSR count). The summed E-state index contributed by atoms with van der Waals surface area (Å²) in [4.78, 5) is 36.7. The third-order valence-corrected chi connectivity index (χ3v) is 4.41. The van der Waals surface area contributed by atoms with Crippen molar-refractivity contribution in [1.29, 1.82) is 0 Å². The summed E-state index contributed by atoms with van der Waals surface area (Å²) in [7, 11) is 0. The lowest BCUT2D eigenvalue weighted by Gasteiger charge is -2.22. The molecule has 0 radical (unpaired) electrons. The highest BCUT2D eigenvalue weighted by molar-refractivity contribution is 6.01. The van der Waals surface area contributed by atoms with Gasteiger partial charge in [-0.05, 0) is 36.6 Å². The number of hydrogen-bond acceptors (Lipinski definition) is 4. The molecule has 0 unspecified atom stereocenters. The molecule has 1 aromatic carbocycles. The number of cyclic esters (lactones) is 1. The lowest BCUT2D eigenvalue weighted by atomic mass is 9.83. The maximum absolute atomic E-state index is 12.2. The van der Waals surface area contributed by atoms with E-state index in [4.69, 9.17) is 4.74 Å². The predicted molar refractivity (Wildman–Crippen MR) is 84.6 cm³/mol. The minimum atomic E-state index is -0.421. The summed E-state index contributed by atoms with van der Waals surface area (Å²) in [5, 5.41) is 2.65. The molecule has 1 aliphatic heterocycles. The number of hydrogen-bond donors (Lipinski definition) is 1. The second kappa shape index (κ2) is 6.02. The number of ether oxygens (including phenoxy) is 1. The van der Waals surface area contributed by atoms with Crippen molar-refractivity contribution in [3.05, 3.63) is 29.3 Å². The third kappa shape index (κ3) is 3.06. The molecule has 122 valence electrons. The van der Waals surface area contributed by atoms with Gasteiger partial charge in [0.25, 0.3) is 0 Å². The molecular weight excluding hydrogens is 296 g/mol. The summed E-state index contributed by atoms with van der Waals surface area (Å²) in [6.45, 7) is 4.07. The van der Waals surface area contributed by atoms with Crippen LogP contribution in [0, 0.1) is 5.92 Å². The van der Waals surface area contributed by atoms with E-state index in [0.717, 1.165) is 29.7 Å². The Kier molecular flexibility index (Phi) is 4.07. The van der Waals surface area contributed by atoms with Gasteiger partial charge >= 0.3 is 6.09 Å². The van der Waals surface area contributed by atoms with Gasteiger partial charge in [-0.2, -0.15) is 0 Å². The molecular formula is C17H20N2O4. The van der Waals surface area contributed by atoms with Crippen LogP contribution >= 0.6 is 0 Å². The van der Waals surface area contributed by atoms with Crippen molar-refractivity contribution in [3.63, 3.8) is 0 Å². The van der Waals surface area contributed by atoms with E-state index in [1.54, 1.807) is 17.0 Å². The summed E-state index contributed by atoms with van der Waals surface area (Å²) in [5.74, 6) is 0.0818. The molecule has 0 aromatic heterocycles. The predicted octanol–water partition coefficient (Wildman–Crippen LogP) is 1.91. The Bertz CT molecular complexity index is 671. The van der Waals surface area contributed by atoms with Crippen LogP contribution in [0.5, 0.6) is 0 Å². The van der Waals surface area contributed by atoms with Gasteiger partial charge in [0, 0.05) is 24.1 Å². The van der Waals surface area contributed by atoms with Gasteiger partial charge in [0.15, 0.2) is 5.78 Å². The molecule has 0 spiro atoms. The van der Waals surface area contributed by atoms with Crippen LogP contribution in [0.1, 0.15) is 36.2 Å². The summed E-state index contributed by atoms with van der Waals surface area (Å²) >= 11 is 0. The number of nitrogens with one attached hydrogen (secondary N) is 1. The molecule has 23 heavy (non-hydrogen) atoms. The van der Waals surface area contributed by atoms with E-state index >= 15 is 0 Å². The van der Waals surface area contributed by atoms with Crippen molar-refractivity contribution in [2.24, 2.45) is 5.92 Å². The molecule has 1 aliphatic carbocycles.